The number of carbonyl (C=O) groups is 1. The van der Waals surface area contributed by atoms with Crippen molar-refractivity contribution < 1.29 is 22.7 Å². The van der Waals surface area contributed by atoms with Gasteiger partial charge in [-0.1, -0.05) is 12.1 Å². The van der Waals surface area contributed by atoms with Gasteiger partial charge in [0.25, 0.3) is 5.91 Å². The van der Waals surface area contributed by atoms with Gasteiger partial charge in [0.05, 0.1) is 18.1 Å². The Morgan fingerprint density at radius 1 is 1.03 bits per heavy atom. The number of carbonyl (C=O) groups excluding carboxylic acids is 1. The third-order valence-electron chi connectivity index (χ3n) is 4.97. The monoisotopic (exact) mass is 446 g/mol. The molecule has 31 heavy (non-hydrogen) atoms. The van der Waals surface area contributed by atoms with E-state index in [2.05, 4.69) is 10.0 Å². The van der Waals surface area contributed by atoms with Crippen molar-refractivity contribution in [3.8, 4) is 11.5 Å². The first kappa shape index (κ1) is 23.1. The first-order valence-electron chi connectivity index (χ1n) is 10.6. The van der Waals surface area contributed by atoms with Crippen LogP contribution in [-0.2, 0) is 16.4 Å². The van der Waals surface area contributed by atoms with Gasteiger partial charge < -0.3 is 14.8 Å². The fourth-order valence-electron chi connectivity index (χ4n) is 3.17. The molecule has 1 aliphatic carbocycles. The average Bonchev–Trinajstić information content (AvgIpc) is 3.53. The lowest BCUT2D eigenvalue weighted by molar-refractivity contribution is 0.0953. The van der Waals surface area contributed by atoms with Gasteiger partial charge in [-0.05, 0) is 75.4 Å². The molecule has 1 saturated carbocycles. The van der Waals surface area contributed by atoms with Gasteiger partial charge in [-0.25, -0.2) is 13.1 Å². The van der Waals surface area contributed by atoms with E-state index in [0.29, 0.717) is 43.2 Å². The van der Waals surface area contributed by atoms with Crippen LogP contribution in [0, 0.1) is 6.92 Å². The van der Waals surface area contributed by atoms with Crippen LogP contribution >= 0.6 is 0 Å². The second-order valence-electron chi connectivity index (χ2n) is 7.53. The van der Waals surface area contributed by atoms with Gasteiger partial charge in [-0.2, -0.15) is 0 Å². The zero-order valence-corrected chi connectivity index (χ0v) is 19.1. The van der Waals surface area contributed by atoms with Crippen LogP contribution in [0.1, 0.15) is 48.2 Å². The zero-order valence-electron chi connectivity index (χ0n) is 18.2. The van der Waals surface area contributed by atoms with E-state index < -0.39 is 10.0 Å². The smallest absolute Gasteiger partial charge is 0.251 e. The summed E-state index contributed by atoms with van der Waals surface area (Å²) in [7, 11) is -3.61. The molecular weight excluding hydrogens is 416 g/mol. The predicted octanol–water partition coefficient (Wildman–Crippen LogP) is 3.21. The van der Waals surface area contributed by atoms with Gasteiger partial charge in [-0.3, -0.25) is 4.79 Å². The molecule has 0 atom stereocenters. The number of ether oxygens (including phenoxy) is 2. The van der Waals surface area contributed by atoms with Crippen LogP contribution in [0.2, 0.25) is 0 Å². The van der Waals surface area contributed by atoms with E-state index in [4.69, 9.17) is 9.47 Å². The molecule has 2 aromatic rings. The maximum Gasteiger partial charge on any atom is 0.251 e. The molecule has 8 heteroatoms. The van der Waals surface area contributed by atoms with E-state index in [1.807, 2.05) is 32.0 Å². The van der Waals surface area contributed by atoms with Crippen LogP contribution < -0.4 is 19.5 Å². The number of rotatable bonds is 11. The van der Waals surface area contributed by atoms with E-state index in [0.717, 1.165) is 24.0 Å². The molecule has 2 N–H and O–H groups in total. The summed E-state index contributed by atoms with van der Waals surface area (Å²) in [5, 5.41) is 2.89. The highest BCUT2D eigenvalue weighted by atomic mass is 32.2. The fraction of sp³-hybridized carbons (Fsp3) is 0.435. The van der Waals surface area contributed by atoms with Crippen LogP contribution in [0.15, 0.2) is 41.3 Å². The number of hydrogen-bond acceptors (Lipinski definition) is 5. The molecule has 2 aromatic carbocycles. The number of sulfonamides is 1. The van der Waals surface area contributed by atoms with Crippen molar-refractivity contribution in [1.82, 2.24) is 10.0 Å². The van der Waals surface area contributed by atoms with Crippen LogP contribution in [0.25, 0.3) is 0 Å². The summed E-state index contributed by atoms with van der Waals surface area (Å²) in [5.41, 5.74) is 2.09. The third kappa shape index (κ3) is 6.21. The van der Waals surface area contributed by atoms with E-state index >= 15 is 0 Å². The summed E-state index contributed by atoms with van der Waals surface area (Å²) in [6.07, 6.45) is 2.32. The van der Waals surface area contributed by atoms with Gasteiger partial charge in [0.1, 0.15) is 0 Å². The molecule has 1 amide bonds. The molecule has 1 aliphatic rings. The van der Waals surface area contributed by atoms with Crippen molar-refractivity contribution in [3.05, 3.63) is 53.1 Å². The second kappa shape index (κ2) is 10.2. The minimum absolute atomic E-state index is 0.0132. The van der Waals surface area contributed by atoms with Gasteiger partial charge in [-0.15, -0.1) is 0 Å². The van der Waals surface area contributed by atoms with Crippen molar-refractivity contribution in [2.45, 2.75) is 51.0 Å². The van der Waals surface area contributed by atoms with Gasteiger partial charge in [0, 0.05) is 18.2 Å². The maximum absolute atomic E-state index is 12.7. The minimum Gasteiger partial charge on any atom is -0.490 e. The molecule has 0 radical (unpaired) electrons. The van der Waals surface area contributed by atoms with Crippen molar-refractivity contribution in [1.29, 1.82) is 0 Å². The van der Waals surface area contributed by atoms with E-state index in [1.165, 1.54) is 12.1 Å². The summed E-state index contributed by atoms with van der Waals surface area (Å²) in [6, 6.07) is 10.4. The van der Waals surface area contributed by atoms with Crippen LogP contribution in [-0.4, -0.2) is 40.1 Å². The Labute approximate surface area is 184 Å². The summed E-state index contributed by atoms with van der Waals surface area (Å²) in [4.78, 5) is 12.8. The van der Waals surface area contributed by atoms with E-state index in [9.17, 15) is 13.2 Å². The number of hydrogen-bond donors (Lipinski definition) is 2. The lowest BCUT2D eigenvalue weighted by Gasteiger charge is -2.13. The molecule has 3 rings (SSSR count). The first-order valence-corrected chi connectivity index (χ1v) is 12.1. The van der Waals surface area contributed by atoms with E-state index in [1.54, 1.807) is 13.0 Å². The molecule has 0 bridgehead atoms. The highest BCUT2D eigenvalue weighted by Crippen LogP contribution is 2.28. The summed E-state index contributed by atoms with van der Waals surface area (Å²) >= 11 is 0. The van der Waals surface area contributed by atoms with Crippen molar-refractivity contribution in [3.63, 3.8) is 0 Å². The Balaban J connectivity index is 1.64. The number of benzene rings is 2. The normalized spacial score (nSPS) is 13.6. The number of aryl methyl sites for hydroxylation is 1. The number of nitrogens with one attached hydrogen (secondary N) is 2. The Morgan fingerprint density at radius 3 is 2.42 bits per heavy atom. The zero-order chi connectivity index (χ0) is 22.4. The second-order valence-corrected chi connectivity index (χ2v) is 9.24. The number of amides is 1. The average molecular weight is 447 g/mol. The molecule has 1 fully saturated rings. The lowest BCUT2D eigenvalue weighted by atomic mass is 10.1. The molecule has 0 spiro atoms. The SMILES string of the molecule is CCOc1ccc(CCNC(=O)c2cc(S(=O)(=O)NC3CC3)ccc2C)cc1OCC. The quantitative estimate of drug-likeness (QED) is 0.553. The van der Waals surface area contributed by atoms with Crippen molar-refractivity contribution >= 4 is 15.9 Å². The maximum atomic E-state index is 12.7. The third-order valence-corrected chi connectivity index (χ3v) is 6.49. The molecule has 0 aliphatic heterocycles. The van der Waals surface area contributed by atoms with Gasteiger partial charge >= 0.3 is 0 Å². The van der Waals surface area contributed by atoms with Crippen LogP contribution in [0.3, 0.4) is 0 Å². The van der Waals surface area contributed by atoms with Gasteiger partial charge in [0.2, 0.25) is 10.0 Å². The van der Waals surface area contributed by atoms with Crippen molar-refractivity contribution in [2.24, 2.45) is 0 Å². The summed E-state index contributed by atoms with van der Waals surface area (Å²) < 4.78 is 38.8. The predicted molar refractivity (Wildman–Crippen MR) is 119 cm³/mol. The Kier molecular flexibility index (Phi) is 7.56. The highest BCUT2D eigenvalue weighted by Gasteiger charge is 2.28. The molecular formula is C23H30N2O5S. The Morgan fingerprint density at radius 2 is 1.74 bits per heavy atom. The molecule has 7 nitrogen and oxygen atoms in total. The minimum atomic E-state index is -3.61. The molecule has 0 aromatic heterocycles. The highest BCUT2D eigenvalue weighted by molar-refractivity contribution is 7.89. The molecule has 0 heterocycles. The Bertz CT molecular complexity index is 1030. The van der Waals surface area contributed by atoms with Crippen LogP contribution in [0.4, 0.5) is 0 Å². The topological polar surface area (TPSA) is 93.7 Å². The molecule has 168 valence electrons. The fourth-order valence-corrected chi connectivity index (χ4v) is 4.50. The molecule has 0 unspecified atom stereocenters. The van der Waals surface area contributed by atoms with Gasteiger partial charge in [0.15, 0.2) is 11.5 Å². The summed E-state index contributed by atoms with van der Waals surface area (Å²) in [6.45, 7) is 7.13. The van der Waals surface area contributed by atoms with Crippen molar-refractivity contribution in [2.75, 3.05) is 19.8 Å². The summed E-state index contributed by atoms with van der Waals surface area (Å²) in [5.74, 6) is 1.09. The first-order chi connectivity index (χ1) is 14.8. The lowest BCUT2D eigenvalue weighted by Crippen LogP contribution is -2.28. The van der Waals surface area contributed by atoms with Crippen LogP contribution in [0.5, 0.6) is 11.5 Å². The molecule has 0 saturated heterocycles. The Hall–Kier alpha value is -2.58. The van der Waals surface area contributed by atoms with E-state index in [-0.39, 0.29) is 16.8 Å². The largest absolute Gasteiger partial charge is 0.490 e. The standard InChI is InChI=1S/C23H30N2O5S/c1-4-29-21-11-7-17(14-22(21)30-5-2)12-13-24-23(26)20-15-19(10-6-16(20)3)31(27,28)25-18-8-9-18/h6-7,10-11,14-15,18,25H,4-5,8-9,12-13H2,1-3H3,(H,24,26).